The average Bonchev–Trinajstić information content (AvgIpc) is 2.86. The molecule has 0 aliphatic rings. The number of hydrogen-bond donors (Lipinski definition) is 3. The summed E-state index contributed by atoms with van der Waals surface area (Å²) >= 11 is 0. The number of H-pyrrole nitrogens is 1. The number of nitrogens with zero attached hydrogens (tertiary/aromatic N) is 1. The van der Waals surface area contributed by atoms with Crippen molar-refractivity contribution in [2.45, 2.75) is 0 Å². The van der Waals surface area contributed by atoms with Crippen LogP contribution in [0.5, 0.6) is 5.75 Å². The number of aromatic nitrogens is 1. The van der Waals surface area contributed by atoms with Crippen molar-refractivity contribution in [3.8, 4) is 5.75 Å². The Morgan fingerprint density at radius 2 is 2.11 bits per heavy atom. The molecule has 0 bridgehead atoms. The second-order valence-corrected chi connectivity index (χ2v) is 4.82. The molecule has 4 N–H and O–H groups in total. The average molecular weight is 262 g/mol. The number of nitrogens with one attached hydrogen (secondary N) is 2. The maximum atomic E-state index is 5.90. The Kier molecular flexibility index (Phi) is 4.65. The van der Waals surface area contributed by atoms with E-state index in [-0.39, 0.29) is 0 Å². The van der Waals surface area contributed by atoms with Crippen molar-refractivity contribution in [3.63, 3.8) is 0 Å². The summed E-state index contributed by atoms with van der Waals surface area (Å²) in [5, 5.41) is 4.35. The van der Waals surface area contributed by atoms with E-state index in [1.54, 1.807) is 0 Å². The molecular formula is C14H22N4O. The maximum Gasteiger partial charge on any atom is 0.143 e. The van der Waals surface area contributed by atoms with Crippen LogP contribution in [0.4, 0.5) is 5.69 Å². The van der Waals surface area contributed by atoms with Crippen molar-refractivity contribution in [3.05, 3.63) is 24.4 Å². The molecule has 0 saturated heterocycles. The molecule has 1 aromatic carbocycles. The van der Waals surface area contributed by atoms with Gasteiger partial charge in [-0.2, -0.15) is 0 Å². The standard InChI is InChI=1S/C14H22N4O/c1-18(2)9-7-16-8-10-19-13-4-3-12(15)11-5-6-17-14(11)13/h3-6,16-17H,7-10,15H2,1-2H3. The SMILES string of the molecule is CN(C)CCNCCOc1ccc(N)c2cc[nH]c12. The van der Waals surface area contributed by atoms with Gasteiger partial charge in [0, 0.05) is 36.9 Å². The number of likely N-dealkylation sites (N-methyl/N-ethyl adjacent to an activating group) is 1. The molecule has 0 saturated carbocycles. The van der Waals surface area contributed by atoms with E-state index in [9.17, 15) is 0 Å². The number of nitrogen functional groups attached to an aromatic ring is 1. The fourth-order valence-electron chi connectivity index (χ4n) is 1.93. The molecule has 0 unspecified atom stereocenters. The first-order chi connectivity index (χ1) is 9.18. The van der Waals surface area contributed by atoms with Gasteiger partial charge in [-0.05, 0) is 32.3 Å². The van der Waals surface area contributed by atoms with Crippen molar-refractivity contribution in [1.29, 1.82) is 0 Å². The third-order valence-corrected chi connectivity index (χ3v) is 2.99. The van der Waals surface area contributed by atoms with Crippen molar-refractivity contribution < 1.29 is 4.74 Å². The van der Waals surface area contributed by atoms with Gasteiger partial charge in [0.15, 0.2) is 0 Å². The summed E-state index contributed by atoms with van der Waals surface area (Å²) in [5.74, 6) is 0.851. The van der Waals surface area contributed by atoms with Crippen LogP contribution in [0.1, 0.15) is 0 Å². The van der Waals surface area contributed by atoms with Gasteiger partial charge in [0.25, 0.3) is 0 Å². The van der Waals surface area contributed by atoms with E-state index in [2.05, 4.69) is 29.3 Å². The number of hydrogen-bond acceptors (Lipinski definition) is 4. The third-order valence-electron chi connectivity index (χ3n) is 2.99. The fourth-order valence-corrected chi connectivity index (χ4v) is 1.93. The molecule has 0 amide bonds. The van der Waals surface area contributed by atoms with Gasteiger partial charge in [0.05, 0.1) is 5.52 Å². The second kappa shape index (κ2) is 6.45. The Balaban J connectivity index is 1.82. The Hall–Kier alpha value is -1.72. The van der Waals surface area contributed by atoms with Crippen LogP contribution in [-0.4, -0.2) is 50.2 Å². The first kappa shape index (κ1) is 13.7. The molecule has 1 aromatic heterocycles. The lowest BCUT2D eigenvalue weighted by Crippen LogP contribution is -2.29. The molecular weight excluding hydrogens is 240 g/mol. The Labute approximate surface area is 113 Å². The van der Waals surface area contributed by atoms with E-state index in [1.165, 1.54) is 0 Å². The van der Waals surface area contributed by atoms with E-state index in [0.717, 1.165) is 42.0 Å². The van der Waals surface area contributed by atoms with Crippen LogP contribution in [0.25, 0.3) is 10.9 Å². The van der Waals surface area contributed by atoms with E-state index in [0.29, 0.717) is 6.61 Å². The summed E-state index contributed by atoms with van der Waals surface area (Å²) in [6, 6.07) is 5.76. The van der Waals surface area contributed by atoms with Gasteiger partial charge in [-0.3, -0.25) is 0 Å². The molecule has 5 nitrogen and oxygen atoms in total. The fraction of sp³-hybridized carbons (Fsp3) is 0.429. The monoisotopic (exact) mass is 262 g/mol. The zero-order valence-corrected chi connectivity index (χ0v) is 11.6. The molecule has 0 spiro atoms. The van der Waals surface area contributed by atoms with E-state index in [1.807, 2.05) is 24.4 Å². The number of nitrogens with two attached hydrogens (primary N) is 1. The van der Waals surface area contributed by atoms with Gasteiger partial charge in [-0.1, -0.05) is 0 Å². The lowest BCUT2D eigenvalue weighted by atomic mass is 10.2. The highest BCUT2D eigenvalue weighted by Gasteiger charge is 2.05. The number of anilines is 1. The van der Waals surface area contributed by atoms with Gasteiger partial charge < -0.3 is 25.7 Å². The van der Waals surface area contributed by atoms with Crippen molar-refractivity contribution in [1.82, 2.24) is 15.2 Å². The van der Waals surface area contributed by atoms with E-state index < -0.39 is 0 Å². The van der Waals surface area contributed by atoms with Gasteiger partial charge in [0.1, 0.15) is 12.4 Å². The van der Waals surface area contributed by atoms with Gasteiger partial charge >= 0.3 is 0 Å². The normalized spacial score (nSPS) is 11.3. The van der Waals surface area contributed by atoms with Gasteiger partial charge in [0.2, 0.25) is 0 Å². The lowest BCUT2D eigenvalue weighted by Gasteiger charge is -2.11. The number of fused-ring (bicyclic) bond motifs is 1. The zero-order chi connectivity index (χ0) is 13.7. The Morgan fingerprint density at radius 3 is 2.89 bits per heavy atom. The van der Waals surface area contributed by atoms with E-state index in [4.69, 9.17) is 10.5 Å². The maximum absolute atomic E-state index is 5.90. The summed E-state index contributed by atoms with van der Waals surface area (Å²) in [4.78, 5) is 5.31. The predicted octanol–water partition coefficient (Wildman–Crippen LogP) is 1.28. The van der Waals surface area contributed by atoms with Crippen LogP contribution in [0.2, 0.25) is 0 Å². The zero-order valence-electron chi connectivity index (χ0n) is 11.6. The molecule has 2 rings (SSSR count). The highest BCUT2D eigenvalue weighted by Crippen LogP contribution is 2.28. The van der Waals surface area contributed by atoms with Crippen LogP contribution in [0.15, 0.2) is 24.4 Å². The van der Waals surface area contributed by atoms with Crippen molar-refractivity contribution in [2.75, 3.05) is 46.1 Å². The van der Waals surface area contributed by atoms with Crippen LogP contribution < -0.4 is 15.8 Å². The highest BCUT2D eigenvalue weighted by molar-refractivity contribution is 5.94. The minimum atomic E-state index is 0.644. The summed E-state index contributed by atoms with van der Waals surface area (Å²) < 4.78 is 5.78. The number of ether oxygens (including phenoxy) is 1. The van der Waals surface area contributed by atoms with E-state index >= 15 is 0 Å². The van der Waals surface area contributed by atoms with Gasteiger partial charge in [-0.25, -0.2) is 0 Å². The molecule has 0 atom stereocenters. The summed E-state index contributed by atoms with van der Waals surface area (Å²) in [6.45, 7) is 3.48. The number of aromatic amines is 1. The Bertz CT molecular complexity index is 521. The van der Waals surface area contributed by atoms with Crippen LogP contribution in [0, 0.1) is 0 Å². The minimum absolute atomic E-state index is 0.644. The molecule has 19 heavy (non-hydrogen) atoms. The topological polar surface area (TPSA) is 66.3 Å². The molecule has 5 heteroatoms. The second-order valence-electron chi connectivity index (χ2n) is 4.82. The molecule has 0 aliphatic heterocycles. The van der Waals surface area contributed by atoms with Crippen LogP contribution in [-0.2, 0) is 0 Å². The third kappa shape index (κ3) is 3.62. The Morgan fingerprint density at radius 1 is 1.26 bits per heavy atom. The smallest absolute Gasteiger partial charge is 0.143 e. The minimum Gasteiger partial charge on any atom is -0.490 e. The number of rotatable bonds is 7. The largest absolute Gasteiger partial charge is 0.490 e. The quantitative estimate of drug-likeness (QED) is 0.519. The summed E-state index contributed by atoms with van der Waals surface area (Å²) in [6.07, 6.45) is 1.88. The molecule has 1 heterocycles. The van der Waals surface area contributed by atoms with Crippen molar-refractivity contribution in [2.24, 2.45) is 0 Å². The highest BCUT2D eigenvalue weighted by atomic mass is 16.5. The first-order valence-corrected chi connectivity index (χ1v) is 6.52. The predicted molar refractivity (Wildman–Crippen MR) is 79.6 cm³/mol. The molecule has 0 aliphatic carbocycles. The summed E-state index contributed by atoms with van der Waals surface area (Å²) in [5.41, 5.74) is 7.64. The molecule has 0 radical (unpaired) electrons. The van der Waals surface area contributed by atoms with Crippen molar-refractivity contribution >= 4 is 16.6 Å². The van der Waals surface area contributed by atoms with Crippen LogP contribution in [0.3, 0.4) is 0 Å². The van der Waals surface area contributed by atoms with Crippen LogP contribution >= 0.6 is 0 Å². The van der Waals surface area contributed by atoms with Gasteiger partial charge in [-0.15, -0.1) is 0 Å². The molecule has 2 aromatic rings. The lowest BCUT2D eigenvalue weighted by molar-refractivity contribution is 0.311. The number of benzene rings is 1. The summed E-state index contributed by atoms with van der Waals surface area (Å²) in [7, 11) is 4.13. The molecule has 0 fully saturated rings. The molecule has 104 valence electrons. The first-order valence-electron chi connectivity index (χ1n) is 6.52.